The van der Waals surface area contributed by atoms with Crippen LogP contribution in [0.3, 0.4) is 0 Å². The predicted molar refractivity (Wildman–Crippen MR) is 61.9 cm³/mol. The number of hydrogen-bond acceptors (Lipinski definition) is 2. The van der Waals surface area contributed by atoms with Gasteiger partial charge in [0.25, 0.3) is 0 Å². The molecular weight excluding hydrogens is 202 g/mol. The maximum Gasteiger partial charge on any atom is 0.227 e. The van der Waals surface area contributed by atoms with Gasteiger partial charge in [-0.25, -0.2) is 0 Å². The van der Waals surface area contributed by atoms with Crippen LogP contribution in [0.1, 0.15) is 47.0 Å². The molecule has 2 fully saturated rings. The molecule has 1 amide bonds. The molecule has 2 bridgehead atoms. The van der Waals surface area contributed by atoms with Crippen molar-refractivity contribution in [3.8, 4) is 0 Å². The Kier molecular flexibility index (Phi) is 2.24. The first-order chi connectivity index (χ1) is 7.32. The van der Waals surface area contributed by atoms with Gasteiger partial charge < -0.3 is 5.32 Å². The summed E-state index contributed by atoms with van der Waals surface area (Å²) < 4.78 is 0. The van der Waals surface area contributed by atoms with Crippen LogP contribution < -0.4 is 5.32 Å². The van der Waals surface area contributed by atoms with Crippen LogP contribution in [0.4, 0.5) is 0 Å². The van der Waals surface area contributed by atoms with Crippen molar-refractivity contribution in [3.05, 3.63) is 0 Å². The van der Waals surface area contributed by atoms with Crippen molar-refractivity contribution in [2.24, 2.45) is 16.2 Å². The topological polar surface area (TPSA) is 46.2 Å². The van der Waals surface area contributed by atoms with Crippen LogP contribution in [0.2, 0.25) is 0 Å². The smallest absolute Gasteiger partial charge is 0.227 e. The molecule has 2 rings (SSSR count). The summed E-state index contributed by atoms with van der Waals surface area (Å²) in [5.74, 6) is 0.351. The van der Waals surface area contributed by atoms with Crippen molar-refractivity contribution < 1.29 is 9.59 Å². The lowest BCUT2D eigenvalue weighted by molar-refractivity contribution is -0.136. The lowest BCUT2D eigenvalue weighted by atomic mass is 9.64. The molecular formula is C13H21NO2. The molecule has 3 heteroatoms. The van der Waals surface area contributed by atoms with E-state index in [-0.39, 0.29) is 22.5 Å². The molecule has 0 radical (unpaired) electrons. The second-order valence-electron chi connectivity index (χ2n) is 6.00. The first-order valence-electron chi connectivity index (χ1n) is 6.13. The summed E-state index contributed by atoms with van der Waals surface area (Å²) in [5, 5.41) is 2.91. The number of carbonyl (C=O) groups is 2. The third-order valence-electron chi connectivity index (χ3n) is 5.48. The maximum atomic E-state index is 12.3. The zero-order valence-corrected chi connectivity index (χ0v) is 10.6. The zero-order chi connectivity index (χ0) is 12.2. The van der Waals surface area contributed by atoms with Crippen LogP contribution in [0.5, 0.6) is 0 Å². The Balaban J connectivity index is 2.44. The van der Waals surface area contributed by atoms with E-state index in [1.807, 2.05) is 13.8 Å². The van der Waals surface area contributed by atoms with Crippen molar-refractivity contribution >= 4 is 11.7 Å². The highest BCUT2D eigenvalue weighted by molar-refractivity contribution is 5.99. The van der Waals surface area contributed by atoms with E-state index in [1.165, 1.54) is 0 Å². The Morgan fingerprint density at radius 3 is 2.31 bits per heavy atom. The van der Waals surface area contributed by atoms with E-state index in [9.17, 15) is 9.59 Å². The molecule has 3 nitrogen and oxygen atoms in total. The lowest BCUT2D eigenvalue weighted by Crippen LogP contribution is -2.46. The van der Waals surface area contributed by atoms with Crippen molar-refractivity contribution in [2.75, 3.05) is 6.54 Å². The Bertz CT molecular complexity index is 361. The number of carbonyl (C=O) groups excluding carboxylic acids is 2. The quantitative estimate of drug-likeness (QED) is 0.777. The van der Waals surface area contributed by atoms with Crippen LogP contribution in [0.15, 0.2) is 0 Å². The summed E-state index contributed by atoms with van der Waals surface area (Å²) in [6.07, 6.45) is 2.15. The molecule has 2 aliphatic carbocycles. The van der Waals surface area contributed by atoms with Gasteiger partial charge in [0.05, 0.1) is 5.41 Å². The van der Waals surface area contributed by atoms with Gasteiger partial charge in [-0.2, -0.15) is 0 Å². The third-order valence-corrected chi connectivity index (χ3v) is 5.48. The molecule has 2 saturated carbocycles. The first-order valence-corrected chi connectivity index (χ1v) is 6.13. The fourth-order valence-electron chi connectivity index (χ4n) is 3.69. The number of Topliss-reactive ketones (excluding diaryl/α,β-unsaturated/α-hetero) is 1. The van der Waals surface area contributed by atoms with E-state index in [0.717, 1.165) is 12.8 Å². The first kappa shape index (κ1) is 11.6. The van der Waals surface area contributed by atoms with Gasteiger partial charge in [-0.15, -0.1) is 0 Å². The van der Waals surface area contributed by atoms with Crippen LogP contribution >= 0.6 is 0 Å². The lowest BCUT2D eigenvalue weighted by Gasteiger charge is -2.38. The molecule has 1 N–H and O–H groups in total. The van der Waals surface area contributed by atoms with Crippen molar-refractivity contribution in [3.63, 3.8) is 0 Å². The summed E-state index contributed by atoms with van der Waals surface area (Å²) in [4.78, 5) is 24.4. The standard InChI is InChI=1S/C13H21NO2/c1-5-14-10(16)13-7-6-12(4,9(15)8-13)11(13,2)3/h5-8H2,1-4H3,(H,14,16)/t12-,13+/m0/s1. The molecule has 0 aromatic heterocycles. The molecule has 16 heavy (non-hydrogen) atoms. The Morgan fingerprint density at radius 2 is 1.94 bits per heavy atom. The fraction of sp³-hybridized carbons (Fsp3) is 0.846. The second-order valence-corrected chi connectivity index (χ2v) is 6.00. The number of hydrogen-bond donors (Lipinski definition) is 1. The summed E-state index contributed by atoms with van der Waals surface area (Å²) >= 11 is 0. The molecule has 0 aromatic rings. The number of nitrogens with one attached hydrogen (secondary N) is 1. The molecule has 0 unspecified atom stereocenters. The number of fused-ring (bicyclic) bond motifs is 2. The van der Waals surface area contributed by atoms with Gasteiger partial charge in [0.1, 0.15) is 5.78 Å². The molecule has 0 spiro atoms. The minimum Gasteiger partial charge on any atom is -0.356 e. The van der Waals surface area contributed by atoms with E-state index >= 15 is 0 Å². The Morgan fingerprint density at radius 1 is 1.31 bits per heavy atom. The van der Waals surface area contributed by atoms with Crippen LogP contribution in [0, 0.1) is 16.2 Å². The molecule has 0 aliphatic heterocycles. The highest BCUT2D eigenvalue weighted by Crippen LogP contribution is 2.70. The van der Waals surface area contributed by atoms with Crippen molar-refractivity contribution in [1.29, 1.82) is 0 Å². The fourth-order valence-corrected chi connectivity index (χ4v) is 3.69. The van der Waals surface area contributed by atoms with Gasteiger partial charge >= 0.3 is 0 Å². The summed E-state index contributed by atoms with van der Waals surface area (Å²) in [6.45, 7) is 8.76. The average Bonchev–Trinajstić information content (AvgIpc) is 2.48. The second kappa shape index (κ2) is 3.08. The van der Waals surface area contributed by atoms with Crippen LogP contribution in [-0.2, 0) is 9.59 Å². The Labute approximate surface area is 97.0 Å². The average molecular weight is 223 g/mol. The highest BCUT2D eigenvalue weighted by Gasteiger charge is 2.72. The Hall–Kier alpha value is -0.860. The van der Waals surface area contributed by atoms with Gasteiger partial charge in [0.15, 0.2) is 0 Å². The normalized spacial score (nSPS) is 40.1. The van der Waals surface area contributed by atoms with Crippen molar-refractivity contribution in [2.45, 2.75) is 47.0 Å². The number of ketones is 1. The summed E-state index contributed by atoms with van der Waals surface area (Å²) in [6, 6.07) is 0. The summed E-state index contributed by atoms with van der Waals surface area (Å²) in [7, 11) is 0. The van der Waals surface area contributed by atoms with E-state index in [0.29, 0.717) is 13.0 Å². The van der Waals surface area contributed by atoms with Gasteiger partial charge in [-0.05, 0) is 25.2 Å². The molecule has 0 saturated heterocycles. The van der Waals surface area contributed by atoms with Gasteiger partial charge in [-0.3, -0.25) is 9.59 Å². The van der Waals surface area contributed by atoms with Gasteiger partial charge in [0, 0.05) is 18.4 Å². The molecule has 2 aliphatic rings. The predicted octanol–water partition coefficient (Wildman–Crippen LogP) is 1.91. The van der Waals surface area contributed by atoms with Gasteiger partial charge in [-0.1, -0.05) is 20.8 Å². The number of rotatable bonds is 2. The minimum absolute atomic E-state index is 0.0783. The molecule has 2 atom stereocenters. The van der Waals surface area contributed by atoms with Crippen LogP contribution in [-0.4, -0.2) is 18.2 Å². The number of amides is 1. The highest BCUT2D eigenvalue weighted by atomic mass is 16.2. The zero-order valence-electron chi connectivity index (χ0n) is 10.6. The van der Waals surface area contributed by atoms with E-state index in [2.05, 4.69) is 19.2 Å². The minimum atomic E-state index is -0.450. The monoisotopic (exact) mass is 223 g/mol. The summed E-state index contributed by atoms with van der Waals surface area (Å²) in [5.41, 5.74) is -0.955. The SMILES string of the molecule is CCNC(=O)[C@@]12CC[C@@](C)(C(=O)C1)C2(C)C. The van der Waals surface area contributed by atoms with E-state index in [1.54, 1.807) is 0 Å². The third kappa shape index (κ3) is 0.994. The molecule has 0 aromatic carbocycles. The molecule has 90 valence electrons. The van der Waals surface area contributed by atoms with Crippen molar-refractivity contribution in [1.82, 2.24) is 5.32 Å². The van der Waals surface area contributed by atoms with E-state index in [4.69, 9.17) is 0 Å². The van der Waals surface area contributed by atoms with E-state index < -0.39 is 5.41 Å². The molecule has 0 heterocycles. The van der Waals surface area contributed by atoms with Gasteiger partial charge in [0.2, 0.25) is 5.91 Å². The van der Waals surface area contributed by atoms with Crippen LogP contribution in [0.25, 0.3) is 0 Å². The maximum absolute atomic E-state index is 12.3. The largest absolute Gasteiger partial charge is 0.356 e.